The fourth-order valence-electron chi connectivity index (χ4n) is 1.97. The van der Waals surface area contributed by atoms with Crippen molar-refractivity contribution in [1.82, 2.24) is 0 Å². The lowest BCUT2D eigenvalue weighted by atomic mass is 9.99. The molecule has 0 radical (unpaired) electrons. The molecule has 0 spiro atoms. The smallest absolute Gasteiger partial charge is 0.275 e. The van der Waals surface area contributed by atoms with Crippen LogP contribution >= 0.6 is 15.9 Å². The number of ketones is 1. The Morgan fingerprint density at radius 1 is 1.10 bits per heavy atom. The van der Waals surface area contributed by atoms with Gasteiger partial charge in [-0.2, -0.15) is 0 Å². The van der Waals surface area contributed by atoms with Crippen LogP contribution < -0.4 is 0 Å². The van der Waals surface area contributed by atoms with Crippen molar-refractivity contribution in [3.63, 3.8) is 0 Å². The number of benzene rings is 2. The van der Waals surface area contributed by atoms with Gasteiger partial charge < -0.3 is 5.11 Å². The van der Waals surface area contributed by atoms with Crippen LogP contribution in [0.4, 0.5) is 5.69 Å². The van der Waals surface area contributed by atoms with E-state index in [1.165, 1.54) is 18.2 Å². The van der Waals surface area contributed by atoms with E-state index < -0.39 is 15.9 Å². The number of hydrogen-bond acceptors (Lipinski definition) is 4. The molecule has 0 amide bonds. The fraction of sp³-hybridized carbons (Fsp3) is 0.133. The zero-order valence-corrected chi connectivity index (χ0v) is 12.4. The third-order valence-electron chi connectivity index (χ3n) is 3.04. The maximum absolute atomic E-state index is 12.3. The molecule has 0 fully saturated rings. The van der Waals surface area contributed by atoms with Crippen LogP contribution in [0.1, 0.15) is 22.0 Å². The summed E-state index contributed by atoms with van der Waals surface area (Å²) in [5.41, 5.74) is 0.320. The highest BCUT2D eigenvalue weighted by Gasteiger charge is 2.30. The lowest BCUT2D eigenvalue weighted by molar-refractivity contribution is -0.386. The van der Waals surface area contributed by atoms with Gasteiger partial charge in [-0.05, 0) is 6.07 Å². The first-order chi connectivity index (χ1) is 10.0. The highest BCUT2D eigenvalue weighted by Crippen LogP contribution is 2.31. The van der Waals surface area contributed by atoms with Gasteiger partial charge in [-0.1, -0.05) is 58.4 Å². The summed E-state index contributed by atoms with van der Waals surface area (Å²) in [5.74, 6) is -0.332. The molecule has 0 aliphatic carbocycles. The van der Waals surface area contributed by atoms with Crippen molar-refractivity contribution in [3.8, 4) is 0 Å². The van der Waals surface area contributed by atoms with Crippen molar-refractivity contribution in [2.24, 2.45) is 0 Å². The van der Waals surface area contributed by atoms with E-state index >= 15 is 0 Å². The van der Waals surface area contributed by atoms with Crippen LogP contribution in [0.5, 0.6) is 0 Å². The molecule has 2 unspecified atom stereocenters. The number of Topliss-reactive ketones (excluding diaryl/α,β-unsaturated/α-hetero) is 1. The van der Waals surface area contributed by atoms with E-state index in [1.54, 1.807) is 36.4 Å². The van der Waals surface area contributed by atoms with E-state index in [0.717, 1.165) is 0 Å². The van der Waals surface area contributed by atoms with E-state index in [9.17, 15) is 20.0 Å². The minimum Gasteiger partial charge on any atom is -0.386 e. The van der Waals surface area contributed by atoms with Crippen molar-refractivity contribution in [2.75, 3.05) is 0 Å². The Labute approximate surface area is 129 Å². The normalized spacial score (nSPS) is 13.4. The summed E-state index contributed by atoms with van der Waals surface area (Å²) in [5, 5.41) is 21.3. The maximum atomic E-state index is 12.3. The number of para-hydroxylation sites is 1. The van der Waals surface area contributed by atoms with Gasteiger partial charge in [0.2, 0.25) is 0 Å². The summed E-state index contributed by atoms with van der Waals surface area (Å²) < 4.78 is 0. The third-order valence-corrected chi connectivity index (χ3v) is 3.95. The first-order valence-electron chi connectivity index (χ1n) is 6.17. The lowest BCUT2D eigenvalue weighted by Gasteiger charge is -2.16. The molecule has 2 aromatic carbocycles. The average molecular weight is 350 g/mol. The number of nitrogens with zero attached hydrogens (tertiary/aromatic N) is 1. The summed E-state index contributed by atoms with van der Waals surface area (Å²) in [6.07, 6.45) is -1.31. The molecule has 1 N–H and O–H groups in total. The second-order valence-electron chi connectivity index (χ2n) is 4.39. The van der Waals surface area contributed by atoms with Crippen LogP contribution in [0.3, 0.4) is 0 Å². The van der Waals surface area contributed by atoms with Crippen molar-refractivity contribution in [1.29, 1.82) is 0 Å². The van der Waals surface area contributed by atoms with E-state index in [2.05, 4.69) is 15.9 Å². The molecule has 0 heterocycles. The molecule has 2 rings (SSSR count). The topological polar surface area (TPSA) is 80.4 Å². The molecule has 0 aliphatic rings. The van der Waals surface area contributed by atoms with Crippen LogP contribution in [-0.4, -0.2) is 20.6 Å². The van der Waals surface area contributed by atoms with Crippen molar-refractivity contribution in [2.45, 2.75) is 10.9 Å². The highest BCUT2D eigenvalue weighted by atomic mass is 79.9. The second kappa shape index (κ2) is 6.60. The maximum Gasteiger partial charge on any atom is 0.275 e. The third kappa shape index (κ3) is 3.34. The molecule has 2 atom stereocenters. The van der Waals surface area contributed by atoms with Gasteiger partial charge in [-0.25, -0.2) is 0 Å². The predicted octanol–water partition coefficient (Wildman–Crippen LogP) is 3.27. The Morgan fingerprint density at radius 2 is 1.67 bits per heavy atom. The number of nitro benzene ring substituents is 1. The Bertz CT molecular complexity index is 660. The van der Waals surface area contributed by atoms with Gasteiger partial charge in [0.15, 0.2) is 5.78 Å². The van der Waals surface area contributed by atoms with Crippen molar-refractivity contribution in [3.05, 3.63) is 75.8 Å². The van der Waals surface area contributed by atoms with Crippen molar-refractivity contribution < 1.29 is 14.8 Å². The van der Waals surface area contributed by atoms with E-state index in [4.69, 9.17) is 0 Å². The van der Waals surface area contributed by atoms with Crippen LogP contribution in [0.2, 0.25) is 0 Å². The van der Waals surface area contributed by atoms with Crippen LogP contribution in [0, 0.1) is 10.1 Å². The molecule has 0 bridgehead atoms. The first-order valence-corrected chi connectivity index (χ1v) is 7.08. The summed E-state index contributed by atoms with van der Waals surface area (Å²) in [6.45, 7) is 0. The molecule has 0 saturated carbocycles. The SMILES string of the molecule is O=C(c1ccccc1)C(Br)C(O)c1ccccc1[N+](=O)[O-]. The molecule has 21 heavy (non-hydrogen) atoms. The second-order valence-corrected chi connectivity index (χ2v) is 5.38. The van der Waals surface area contributed by atoms with Gasteiger partial charge in [0.1, 0.15) is 10.9 Å². The number of nitro groups is 1. The Morgan fingerprint density at radius 3 is 2.29 bits per heavy atom. The summed E-state index contributed by atoms with van der Waals surface area (Å²) in [4.78, 5) is 21.7. The number of hydrogen-bond donors (Lipinski definition) is 1. The molecule has 5 nitrogen and oxygen atoms in total. The van der Waals surface area contributed by atoms with Crippen LogP contribution in [-0.2, 0) is 0 Å². The Kier molecular flexibility index (Phi) is 4.82. The summed E-state index contributed by atoms with van der Waals surface area (Å²) >= 11 is 3.14. The summed E-state index contributed by atoms with van der Waals surface area (Å²) in [6, 6.07) is 14.3. The molecular weight excluding hydrogens is 338 g/mol. The zero-order chi connectivity index (χ0) is 15.4. The Hall–Kier alpha value is -2.05. The van der Waals surface area contributed by atoms with Gasteiger partial charge >= 0.3 is 0 Å². The fourth-order valence-corrected chi connectivity index (χ4v) is 2.52. The minimum atomic E-state index is -1.31. The van der Waals surface area contributed by atoms with Gasteiger partial charge in [0, 0.05) is 11.6 Å². The number of alkyl halides is 1. The number of halogens is 1. The van der Waals surface area contributed by atoms with E-state index in [-0.39, 0.29) is 17.0 Å². The van der Waals surface area contributed by atoms with Gasteiger partial charge in [0.25, 0.3) is 5.69 Å². The van der Waals surface area contributed by atoms with Crippen molar-refractivity contribution >= 4 is 27.4 Å². The zero-order valence-electron chi connectivity index (χ0n) is 10.8. The lowest BCUT2D eigenvalue weighted by Crippen LogP contribution is -2.23. The monoisotopic (exact) mass is 349 g/mol. The van der Waals surface area contributed by atoms with E-state index in [0.29, 0.717) is 5.56 Å². The molecule has 0 saturated heterocycles. The molecule has 0 aliphatic heterocycles. The quantitative estimate of drug-likeness (QED) is 0.388. The minimum absolute atomic E-state index is 0.105. The standard InChI is InChI=1S/C15H12BrNO4/c16-13(14(18)10-6-2-1-3-7-10)15(19)11-8-4-5-9-12(11)17(20)21/h1-9,13,15,19H. The number of rotatable bonds is 5. The van der Waals surface area contributed by atoms with Crippen LogP contribution in [0.25, 0.3) is 0 Å². The predicted molar refractivity (Wildman–Crippen MR) is 81.5 cm³/mol. The average Bonchev–Trinajstić information content (AvgIpc) is 2.53. The molecular formula is C15H12BrNO4. The molecule has 108 valence electrons. The molecule has 2 aromatic rings. The highest BCUT2D eigenvalue weighted by molar-refractivity contribution is 9.10. The van der Waals surface area contributed by atoms with E-state index in [1.807, 2.05) is 0 Å². The van der Waals surface area contributed by atoms with Gasteiger partial charge in [0.05, 0.1) is 10.5 Å². The number of carbonyl (C=O) groups excluding carboxylic acids is 1. The molecule has 6 heteroatoms. The van der Waals surface area contributed by atoms with Gasteiger partial charge in [-0.3, -0.25) is 14.9 Å². The number of carbonyl (C=O) groups is 1. The molecule has 0 aromatic heterocycles. The van der Waals surface area contributed by atoms with Crippen LogP contribution in [0.15, 0.2) is 54.6 Å². The summed E-state index contributed by atoms with van der Waals surface area (Å²) in [7, 11) is 0. The largest absolute Gasteiger partial charge is 0.386 e. The number of aliphatic hydroxyl groups excluding tert-OH is 1. The first kappa shape index (κ1) is 15.3. The number of aliphatic hydroxyl groups is 1. The Balaban J connectivity index is 2.30. The van der Waals surface area contributed by atoms with Gasteiger partial charge in [-0.15, -0.1) is 0 Å².